The van der Waals surface area contributed by atoms with Crippen LogP contribution < -0.4 is 9.80 Å². The van der Waals surface area contributed by atoms with Crippen molar-refractivity contribution in [3.63, 3.8) is 0 Å². The van der Waals surface area contributed by atoms with E-state index in [-0.39, 0.29) is 17.7 Å². The minimum atomic E-state index is -0.578. The van der Waals surface area contributed by atoms with Crippen molar-refractivity contribution in [2.24, 2.45) is 0 Å². The number of nitrogens with zero attached hydrogens (tertiary/aromatic N) is 3. The van der Waals surface area contributed by atoms with Gasteiger partial charge in [-0.3, -0.25) is 14.6 Å². The zero-order valence-corrected chi connectivity index (χ0v) is 30.1. The summed E-state index contributed by atoms with van der Waals surface area (Å²) >= 11 is 1.58. The number of anilines is 2. The van der Waals surface area contributed by atoms with E-state index in [1.165, 1.54) is 76.9 Å². The average molecular weight is 678 g/mol. The third kappa shape index (κ3) is 9.81. The van der Waals surface area contributed by atoms with E-state index in [1.807, 2.05) is 5.38 Å². The van der Waals surface area contributed by atoms with Gasteiger partial charge in [0.15, 0.2) is 0 Å². The molecule has 2 aromatic carbocycles. The number of fused-ring (bicyclic) bond motifs is 2. The van der Waals surface area contributed by atoms with Crippen LogP contribution in [0.25, 0.3) is 10.1 Å². The van der Waals surface area contributed by atoms with Gasteiger partial charge in [0.2, 0.25) is 5.91 Å². The van der Waals surface area contributed by atoms with Crippen LogP contribution in [0.15, 0.2) is 41.8 Å². The standard InChI is InChI=1S/C40H56FN3O3S/c1-3-4-5-6-7-8-9-10-11-12-13-14-15-35(40(46)47-2)44-36-28-31(16-17-32(36)18-19-39(44)45)20-22-42-23-25-43(26-24-42)37-29-33(41)30-38-34(37)21-27-48-38/h16-17,21,27-30,35H,3-15,18-20,22-26H2,1-2H3. The summed E-state index contributed by atoms with van der Waals surface area (Å²) in [4.78, 5) is 33.0. The fourth-order valence-electron chi connectivity index (χ4n) is 7.49. The molecule has 0 N–H and O–H groups in total. The molecular formula is C40H56FN3O3S. The normalized spacial score (nSPS) is 16.0. The maximum Gasteiger partial charge on any atom is 0.328 e. The van der Waals surface area contributed by atoms with Gasteiger partial charge in [-0.1, -0.05) is 96.1 Å². The van der Waals surface area contributed by atoms with Gasteiger partial charge in [0.1, 0.15) is 11.9 Å². The Balaban J connectivity index is 1.11. The summed E-state index contributed by atoms with van der Waals surface area (Å²) < 4.78 is 20.5. The molecule has 48 heavy (non-hydrogen) atoms. The first-order valence-corrected chi connectivity index (χ1v) is 19.5. The highest BCUT2D eigenvalue weighted by Crippen LogP contribution is 2.34. The second-order valence-corrected chi connectivity index (χ2v) is 14.7. The number of amides is 1. The number of ether oxygens (including phenoxy) is 1. The largest absolute Gasteiger partial charge is 0.467 e. The number of hydrogen-bond donors (Lipinski definition) is 0. The van der Waals surface area contributed by atoms with Crippen molar-refractivity contribution in [2.45, 2.75) is 116 Å². The van der Waals surface area contributed by atoms with Crippen LogP contribution in [0.3, 0.4) is 0 Å². The highest BCUT2D eigenvalue weighted by molar-refractivity contribution is 7.17. The van der Waals surface area contributed by atoms with Crippen LogP contribution in [0.2, 0.25) is 0 Å². The van der Waals surface area contributed by atoms with Gasteiger partial charge >= 0.3 is 5.97 Å². The topological polar surface area (TPSA) is 53.1 Å². The second-order valence-electron chi connectivity index (χ2n) is 13.8. The predicted molar refractivity (Wildman–Crippen MR) is 198 cm³/mol. The van der Waals surface area contributed by atoms with E-state index in [9.17, 15) is 14.0 Å². The van der Waals surface area contributed by atoms with Crippen molar-refractivity contribution in [1.29, 1.82) is 0 Å². The number of thiophene rings is 1. The highest BCUT2D eigenvalue weighted by atomic mass is 32.1. The molecule has 5 rings (SSSR count). The minimum Gasteiger partial charge on any atom is -0.467 e. The minimum absolute atomic E-state index is 0.0159. The summed E-state index contributed by atoms with van der Waals surface area (Å²) in [5.41, 5.74) is 4.18. The van der Waals surface area contributed by atoms with E-state index in [4.69, 9.17) is 4.74 Å². The number of piperazine rings is 1. The van der Waals surface area contributed by atoms with Crippen molar-refractivity contribution < 1.29 is 18.7 Å². The molecule has 3 heterocycles. The van der Waals surface area contributed by atoms with Crippen molar-refractivity contribution in [2.75, 3.05) is 49.6 Å². The number of rotatable bonds is 19. The first-order chi connectivity index (χ1) is 23.5. The van der Waals surface area contributed by atoms with Crippen LogP contribution in [0.1, 0.15) is 108 Å². The Morgan fingerprint density at radius 1 is 0.854 bits per heavy atom. The van der Waals surface area contributed by atoms with Crippen LogP contribution in [-0.2, 0) is 27.2 Å². The van der Waals surface area contributed by atoms with E-state index < -0.39 is 6.04 Å². The molecule has 2 aliphatic heterocycles. The maximum atomic E-state index is 14.3. The zero-order chi connectivity index (χ0) is 33.7. The van der Waals surface area contributed by atoms with E-state index >= 15 is 0 Å². The van der Waals surface area contributed by atoms with Gasteiger partial charge in [0.05, 0.1) is 7.11 Å². The van der Waals surface area contributed by atoms with E-state index in [2.05, 4.69) is 41.0 Å². The SMILES string of the molecule is CCCCCCCCCCCCCCC(C(=O)OC)N1C(=O)CCc2ccc(CCN3CCN(c4cc(F)cc5sccc45)CC3)cc21. The summed E-state index contributed by atoms with van der Waals surface area (Å²) in [6.45, 7) is 6.74. The zero-order valence-electron chi connectivity index (χ0n) is 29.3. The molecule has 1 aromatic heterocycles. The average Bonchev–Trinajstić information content (AvgIpc) is 3.58. The Kier molecular flexibility index (Phi) is 14.1. The summed E-state index contributed by atoms with van der Waals surface area (Å²) in [5, 5.41) is 3.16. The summed E-state index contributed by atoms with van der Waals surface area (Å²) in [5.74, 6) is -0.478. The molecular weight excluding hydrogens is 622 g/mol. The number of methoxy groups -OCH3 is 1. The smallest absolute Gasteiger partial charge is 0.328 e. The number of benzene rings is 2. The molecule has 0 saturated carbocycles. The van der Waals surface area contributed by atoms with Gasteiger partial charge in [-0.15, -0.1) is 11.3 Å². The lowest BCUT2D eigenvalue weighted by Gasteiger charge is -2.37. The summed E-state index contributed by atoms with van der Waals surface area (Å²) in [6.07, 6.45) is 17.8. The van der Waals surface area contributed by atoms with Crippen molar-refractivity contribution in [1.82, 2.24) is 4.90 Å². The van der Waals surface area contributed by atoms with Crippen LogP contribution >= 0.6 is 11.3 Å². The predicted octanol–water partition coefficient (Wildman–Crippen LogP) is 9.32. The van der Waals surface area contributed by atoms with Crippen molar-refractivity contribution in [3.05, 3.63) is 58.7 Å². The number of hydrogen-bond acceptors (Lipinski definition) is 6. The Morgan fingerprint density at radius 3 is 2.23 bits per heavy atom. The fraction of sp³-hybridized carbons (Fsp3) is 0.600. The van der Waals surface area contributed by atoms with E-state index in [0.29, 0.717) is 19.3 Å². The lowest BCUT2D eigenvalue weighted by Crippen LogP contribution is -2.48. The molecule has 1 saturated heterocycles. The van der Waals surface area contributed by atoms with Crippen LogP contribution in [0, 0.1) is 5.82 Å². The maximum absolute atomic E-state index is 14.3. The number of carbonyl (C=O) groups is 2. The van der Waals surface area contributed by atoms with Crippen molar-refractivity contribution >= 4 is 44.7 Å². The molecule has 1 unspecified atom stereocenters. The highest BCUT2D eigenvalue weighted by Gasteiger charge is 2.35. The first kappa shape index (κ1) is 36.3. The van der Waals surface area contributed by atoms with Gasteiger partial charge in [-0.05, 0) is 60.0 Å². The number of aryl methyl sites for hydroxylation is 1. The molecule has 1 atom stereocenters. The Morgan fingerprint density at radius 2 is 1.54 bits per heavy atom. The third-order valence-electron chi connectivity index (χ3n) is 10.3. The molecule has 0 aliphatic carbocycles. The third-order valence-corrected chi connectivity index (χ3v) is 11.2. The van der Waals surface area contributed by atoms with Crippen LogP contribution in [0.4, 0.5) is 15.8 Å². The molecule has 6 nitrogen and oxygen atoms in total. The fourth-order valence-corrected chi connectivity index (χ4v) is 8.32. The molecule has 8 heteroatoms. The Hall–Kier alpha value is -2.97. The second kappa shape index (κ2) is 18.7. The molecule has 1 fully saturated rings. The van der Waals surface area contributed by atoms with Gasteiger partial charge in [-0.2, -0.15) is 0 Å². The quantitative estimate of drug-likeness (QED) is 0.0935. The van der Waals surface area contributed by atoms with Gasteiger partial charge in [0, 0.05) is 60.6 Å². The Bertz CT molecular complexity index is 1470. The summed E-state index contributed by atoms with van der Waals surface area (Å²) in [6, 6.07) is 11.3. The number of unbranched alkanes of at least 4 members (excludes halogenated alkanes) is 11. The monoisotopic (exact) mass is 677 g/mol. The molecule has 0 spiro atoms. The summed E-state index contributed by atoms with van der Waals surface area (Å²) in [7, 11) is 1.43. The van der Waals surface area contributed by atoms with Crippen molar-refractivity contribution in [3.8, 4) is 0 Å². The molecule has 1 amide bonds. The molecule has 0 radical (unpaired) electrons. The molecule has 262 valence electrons. The van der Waals surface area contributed by atoms with Crippen LogP contribution in [-0.4, -0.2) is 62.7 Å². The first-order valence-electron chi connectivity index (χ1n) is 18.6. The molecule has 0 bridgehead atoms. The number of carbonyl (C=O) groups excluding carboxylic acids is 2. The molecule has 2 aliphatic rings. The lowest BCUT2D eigenvalue weighted by molar-refractivity contribution is -0.143. The molecule has 3 aromatic rings. The number of esters is 1. The van der Waals surface area contributed by atoms with E-state index in [1.54, 1.807) is 28.4 Å². The Labute approximate surface area is 291 Å². The van der Waals surface area contributed by atoms with E-state index in [0.717, 1.165) is 79.0 Å². The van der Waals surface area contributed by atoms with Gasteiger partial charge in [0.25, 0.3) is 0 Å². The van der Waals surface area contributed by atoms with Gasteiger partial charge < -0.3 is 9.64 Å². The lowest BCUT2D eigenvalue weighted by atomic mass is 9.95. The number of halogens is 1. The van der Waals surface area contributed by atoms with Crippen LogP contribution in [0.5, 0.6) is 0 Å². The van der Waals surface area contributed by atoms with Gasteiger partial charge in [-0.25, -0.2) is 9.18 Å².